The topological polar surface area (TPSA) is 172 Å². The largest absolute Gasteiger partial charge is 0.390 e. The average Bonchev–Trinajstić information content (AvgIpc) is 3.67. The average molecular weight is 601 g/mol. The minimum absolute atomic E-state index is 0.0405. The highest BCUT2D eigenvalue weighted by Crippen LogP contribution is 2.31. The normalized spacial score (nSPS) is 12.3. The molecule has 4 aromatic heterocycles. The molecule has 13 heteroatoms. The molecule has 5 aromatic rings. The summed E-state index contributed by atoms with van der Waals surface area (Å²) in [6.45, 7) is 5.42. The molecule has 0 bridgehead atoms. The van der Waals surface area contributed by atoms with E-state index in [4.69, 9.17) is 10.7 Å². The van der Waals surface area contributed by atoms with Gasteiger partial charge in [-0.25, -0.2) is 13.4 Å². The van der Waals surface area contributed by atoms with E-state index in [9.17, 15) is 18.3 Å². The predicted octanol–water partition coefficient (Wildman–Crippen LogP) is 3.66. The Morgan fingerprint density at radius 3 is 2.56 bits per heavy atom. The molecule has 1 atom stereocenters. The second-order valence-corrected chi connectivity index (χ2v) is 12.0. The van der Waals surface area contributed by atoms with Crippen molar-refractivity contribution in [1.82, 2.24) is 34.7 Å². The fourth-order valence-electron chi connectivity index (χ4n) is 5.09. The lowest BCUT2D eigenvalue weighted by atomic mass is 10.0. The van der Waals surface area contributed by atoms with Crippen LogP contribution in [0.4, 0.5) is 5.82 Å². The number of benzene rings is 1. The number of pyridine rings is 1. The van der Waals surface area contributed by atoms with E-state index < -0.39 is 9.84 Å². The summed E-state index contributed by atoms with van der Waals surface area (Å²) in [6.07, 6.45) is 6.96. The zero-order valence-corrected chi connectivity index (χ0v) is 24.6. The smallest absolute Gasteiger partial charge is 0.276 e. The summed E-state index contributed by atoms with van der Waals surface area (Å²) in [6, 6.07) is 14.7. The minimum Gasteiger partial charge on any atom is -0.390 e. The Balaban J connectivity index is 1.49. The van der Waals surface area contributed by atoms with Gasteiger partial charge >= 0.3 is 0 Å². The Hall–Kier alpha value is -4.88. The summed E-state index contributed by atoms with van der Waals surface area (Å²) < 4.78 is 27.2. The number of rotatable bonds is 11. The number of hydrogen-bond acceptors (Lipinski definition) is 9. The number of aryl methyl sites for hydroxylation is 1. The fourth-order valence-corrected chi connectivity index (χ4v) is 6.13. The first kappa shape index (κ1) is 29.6. The second-order valence-electron chi connectivity index (χ2n) is 10.1. The van der Waals surface area contributed by atoms with E-state index in [0.717, 1.165) is 23.1 Å². The monoisotopic (exact) mass is 600 g/mol. The first-order valence-electron chi connectivity index (χ1n) is 13.6. The highest BCUT2D eigenvalue weighted by atomic mass is 32.2. The van der Waals surface area contributed by atoms with Crippen LogP contribution in [0.15, 0.2) is 78.6 Å². The standard InChI is InChI=1S/C30H32N8O4S/c1-4-22(37(5-2)30(40)26-15-21(18-39)35-36-26)12-14-25-27(43(3,41)42)28(31)38-29(34-25)23(17-33-38)20-11-13-24(32-16-20)19-9-7-6-8-10-19/h5-11,13,15-17,22,39H,2,4,12,14,18,31H2,1,3H3,(H,35,36)/t22-/m1/s1. The zero-order valence-electron chi connectivity index (χ0n) is 23.8. The minimum atomic E-state index is -3.79. The van der Waals surface area contributed by atoms with Crippen molar-refractivity contribution in [1.29, 1.82) is 0 Å². The first-order chi connectivity index (χ1) is 20.7. The van der Waals surface area contributed by atoms with Crippen molar-refractivity contribution in [3.05, 3.63) is 90.8 Å². The molecule has 222 valence electrons. The Morgan fingerprint density at radius 1 is 1.19 bits per heavy atom. The van der Waals surface area contributed by atoms with Gasteiger partial charge in [-0.2, -0.15) is 14.7 Å². The van der Waals surface area contributed by atoms with Gasteiger partial charge in [-0.05, 0) is 31.4 Å². The maximum absolute atomic E-state index is 13.2. The van der Waals surface area contributed by atoms with E-state index in [-0.39, 0.29) is 47.1 Å². The number of anilines is 1. The van der Waals surface area contributed by atoms with Crippen LogP contribution in [0.3, 0.4) is 0 Å². The van der Waals surface area contributed by atoms with Crippen molar-refractivity contribution < 1.29 is 18.3 Å². The number of fused-ring (bicyclic) bond motifs is 1. The molecule has 0 spiro atoms. The molecular formula is C30H32N8O4S. The second kappa shape index (κ2) is 12.2. The lowest BCUT2D eigenvalue weighted by molar-refractivity contribution is 0.0753. The summed E-state index contributed by atoms with van der Waals surface area (Å²) in [5.41, 5.74) is 10.8. The van der Waals surface area contributed by atoms with Crippen LogP contribution in [0.1, 0.15) is 41.6 Å². The van der Waals surface area contributed by atoms with Crippen molar-refractivity contribution in [2.45, 2.75) is 43.7 Å². The van der Waals surface area contributed by atoms with Gasteiger partial charge in [0.05, 0.1) is 29.9 Å². The third-order valence-electron chi connectivity index (χ3n) is 7.26. The molecular weight excluding hydrogens is 568 g/mol. The molecule has 4 heterocycles. The number of hydrogen-bond donors (Lipinski definition) is 3. The van der Waals surface area contributed by atoms with E-state index in [1.165, 1.54) is 21.7 Å². The summed E-state index contributed by atoms with van der Waals surface area (Å²) in [4.78, 5) is 24.0. The van der Waals surface area contributed by atoms with Crippen molar-refractivity contribution in [2.24, 2.45) is 0 Å². The van der Waals surface area contributed by atoms with E-state index >= 15 is 0 Å². The number of nitrogen functional groups attached to an aromatic ring is 1. The molecule has 4 N–H and O–H groups in total. The highest BCUT2D eigenvalue weighted by molar-refractivity contribution is 7.91. The lowest BCUT2D eigenvalue weighted by Gasteiger charge is -2.27. The number of sulfone groups is 1. The van der Waals surface area contributed by atoms with Crippen molar-refractivity contribution in [3.8, 4) is 22.4 Å². The van der Waals surface area contributed by atoms with E-state index in [1.54, 1.807) is 12.4 Å². The van der Waals surface area contributed by atoms with Gasteiger partial charge in [0.15, 0.2) is 15.5 Å². The quantitative estimate of drug-likeness (QED) is 0.204. The number of amides is 1. The molecule has 0 aliphatic rings. The van der Waals surface area contributed by atoms with Crippen molar-refractivity contribution in [2.75, 3.05) is 12.0 Å². The Kier molecular flexibility index (Phi) is 8.37. The number of carbonyl (C=O) groups is 1. The maximum atomic E-state index is 13.2. The number of aromatic nitrogens is 6. The predicted molar refractivity (Wildman–Crippen MR) is 162 cm³/mol. The number of aliphatic hydroxyl groups is 1. The zero-order chi connectivity index (χ0) is 30.7. The SMILES string of the molecule is C=CN(C(=O)c1cc(CO)n[nH]1)[C@H](CC)CCc1nc2c(-c3ccc(-c4ccccc4)nc3)cnn2c(N)c1S(C)(=O)=O. The number of nitrogens with one attached hydrogen (secondary N) is 1. The van der Waals surface area contributed by atoms with E-state index in [0.29, 0.717) is 29.7 Å². The van der Waals surface area contributed by atoms with Crippen LogP contribution in [-0.2, 0) is 22.9 Å². The third kappa shape index (κ3) is 5.90. The summed E-state index contributed by atoms with van der Waals surface area (Å²) >= 11 is 0. The van der Waals surface area contributed by atoms with Crippen LogP contribution in [0.5, 0.6) is 0 Å². The number of nitrogens with zero attached hydrogens (tertiary/aromatic N) is 6. The van der Waals surface area contributed by atoms with Crippen LogP contribution in [-0.4, -0.2) is 66.4 Å². The van der Waals surface area contributed by atoms with Gasteiger partial charge in [0.1, 0.15) is 16.4 Å². The highest BCUT2D eigenvalue weighted by Gasteiger charge is 2.27. The number of nitrogens with two attached hydrogens (primary N) is 1. The summed E-state index contributed by atoms with van der Waals surface area (Å²) in [7, 11) is -3.79. The van der Waals surface area contributed by atoms with Crippen LogP contribution >= 0.6 is 0 Å². The molecule has 5 rings (SSSR count). The van der Waals surface area contributed by atoms with E-state index in [2.05, 4.69) is 26.9 Å². The van der Waals surface area contributed by atoms with Gasteiger partial charge in [0.2, 0.25) is 0 Å². The molecule has 12 nitrogen and oxygen atoms in total. The molecule has 1 aromatic carbocycles. The van der Waals surface area contributed by atoms with Crippen molar-refractivity contribution >= 4 is 27.2 Å². The van der Waals surface area contributed by atoms with Gasteiger partial charge in [-0.1, -0.05) is 49.9 Å². The Bertz CT molecular complexity index is 1880. The molecule has 0 fully saturated rings. The first-order valence-corrected chi connectivity index (χ1v) is 15.5. The molecule has 0 aliphatic heterocycles. The molecule has 0 aliphatic carbocycles. The van der Waals surface area contributed by atoms with Crippen LogP contribution < -0.4 is 5.73 Å². The van der Waals surface area contributed by atoms with E-state index in [1.807, 2.05) is 49.4 Å². The molecule has 0 saturated heterocycles. The van der Waals surface area contributed by atoms with Gasteiger partial charge in [0, 0.05) is 41.4 Å². The van der Waals surface area contributed by atoms with Gasteiger partial charge in [-0.15, -0.1) is 0 Å². The third-order valence-corrected chi connectivity index (χ3v) is 8.44. The molecule has 0 radical (unpaired) electrons. The number of aliphatic hydroxyl groups excluding tert-OH is 1. The van der Waals surface area contributed by atoms with Gasteiger partial charge < -0.3 is 15.7 Å². The maximum Gasteiger partial charge on any atom is 0.276 e. The lowest BCUT2D eigenvalue weighted by Crippen LogP contribution is -2.36. The van der Waals surface area contributed by atoms with Crippen LogP contribution in [0.25, 0.3) is 28.0 Å². The van der Waals surface area contributed by atoms with Crippen LogP contribution in [0, 0.1) is 0 Å². The molecule has 1 amide bonds. The fraction of sp³-hybridized carbons (Fsp3) is 0.233. The Labute approximate surface area is 248 Å². The number of aromatic amines is 1. The summed E-state index contributed by atoms with van der Waals surface area (Å²) in [5.74, 6) is -0.411. The molecule has 0 unspecified atom stereocenters. The summed E-state index contributed by atoms with van der Waals surface area (Å²) in [5, 5.41) is 20.2. The molecule has 43 heavy (non-hydrogen) atoms. The number of H-pyrrole nitrogens is 1. The van der Waals surface area contributed by atoms with Gasteiger partial charge in [-0.3, -0.25) is 14.9 Å². The van der Waals surface area contributed by atoms with Crippen LogP contribution in [0.2, 0.25) is 0 Å². The van der Waals surface area contributed by atoms with Gasteiger partial charge in [0.25, 0.3) is 5.91 Å². The van der Waals surface area contributed by atoms with Crippen molar-refractivity contribution in [3.63, 3.8) is 0 Å². The number of carbonyl (C=O) groups excluding carboxylic acids is 1. The Morgan fingerprint density at radius 2 is 1.95 bits per heavy atom. The molecule has 0 saturated carbocycles.